The molecule has 0 aliphatic carbocycles. The quantitative estimate of drug-likeness (QED) is 0.478. The van der Waals surface area contributed by atoms with Gasteiger partial charge in [0.1, 0.15) is 0 Å². The second kappa shape index (κ2) is 2.44. The molecule has 0 radical (unpaired) electrons. The van der Waals surface area contributed by atoms with Gasteiger partial charge in [-0.05, 0) is 13.5 Å². The highest BCUT2D eigenvalue weighted by Gasteiger charge is 2.23. The Labute approximate surface area is 48.7 Å². The van der Waals surface area contributed by atoms with E-state index in [2.05, 4.69) is 5.32 Å². The molecule has 0 bridgehead atoms. The Balaban J connectivity index is 2.30. The predicted molar refractivity (Wildman–Crippen MR) is 29.4 cm³/mol. The average Bonchev–Trinajstić information content (AvgIpc) is 2.14. The highest BCUT2D eigenvalue weighted by Crippen LogP contribution is 2.08. The monoisotopic (exact) mass is 117 g/mol. The fraction of sp³-hybridized carbons (Fsp3) is 1.00. The highest BCUT2D eigenvalue weighted by atomic mass is 16.6. The molecule has 2 unspecified atom stereocenters. The van der Waals surface area contributed by atoms with Gasteiger partial charge in [-0.15, -0.1) is 0 Å². The molecule has 2 atom stereocenters. The van der Waals surface area contributed by atoms with Crippen molar-refractivity contribution in [1.82, 2.24) is 5.32 Å². The lowest BCUT2D eigenvalue weighted by Gasteiger charge is -2.09. The molecular weight excluding hydrogens is 106 g/mol. The van der Waals surface area contributed by atoms with Gasteiger partial charge >= 0.3 is 0 Å². The van der Waals surface area contributed by atoms with Crippen LogP contribution in [-0.4, -0.2) is 31.1 Å². The summed E-state index contributed by atoms with van der Waals surface area (Å²) < 4.78 is 4.85. The van der Waals surface area contributed by atoms with Crippen molar-refractivity contribution in [1.29, 1.82) is 0 Å². The third-order valence-electron chi connectivity index (χ3n) is 1.43. The first-order valence-corrected chi connectivity index (χ1v) is 2.81. The topological polar surface area (TPSA) is 41.5 Å². The largest absolute Gasteiger partial charge is 0.367 e. The molecule has 1 rings (SSSR count). The van der Waals surface area contributed by atoms with Crippen LogP contribution in [0.15, 0.2) is 0 Å². The number of aliphatic hydroxyl groups is 1. The average molecular weight is 117 g/mol. The van der Waals surface area contributed by atoms with Crippen molar-refractivity contribution >= 4 is 0 Å². The minimum Gasteiger partial charge on any atom is -0.367 e. The zero-order valence-corrected chi connectivity index (χ0v) is 4.92. The summed E-state index contributed by atoms with van der Waals surface area (Å²) in [6.45, 7) is 0.673. The van der Waals surface area contributed by atoms with Gasteiger partial charge in [0.15, 0.2) is 6.29 Å². The Morgan fingerprint density at radius 3 is 2.75 bits per heavy atom. The summed E-state index contributed by atoms with van der Waals surface area (Å²) in [4.78, 5) is 0. The molecule has 0 aromatic rings. The van der Waals surface area contributed by atoms with E-state index in [0.29, 0.717) is 6.61 Å². The van der Waals surface area contributed by atoms with Crippen LogP contribution in [-0.2, 0) is 4.74 Å². The van der Waals surface area contributed by atoms with Gasteiger partial charge in [-0.3, -0.25) is 0 Å². The van der Waals surface area contributed by atoms with Crippen molar-refractivity contribution < 1.29 is 9.84 Å². The van der Waals surface area contributed by atoms with E-state index < -0.39 is 6.29 Å². The van der Waals surface area contributed by atoms with E-state index in [4.69, 9.17) is 9.84 Å². The molecule has 0 saturated carbocycles. The van der Waals surface area contributed by atoms with Gasteiger partial charge < -0.3 is 15.2 Å². The fourth-order valence-electron chi connectivity index (χ4n) is 0.861. The Morgan fingerprint density at radius 1 is 1.75 bits per heavy atom. The maximum Gasteiger partial charge on any atom is 0.169 e. The Morgan fingerprint density at radius 2 is 2.50 bits per heavy atom. The minimum atomic E-state index is -0.583. The molecule has 0 spiro atoms. The molecule has 2 N–H and O–H groups in total. The maximum absolute atomic E-state index is 8.90. The first-order chi connectivity index (χ1) is 3.84. The van der Waals surface area contributed by atoms with Crippen LogP contribution in [0.2, 0.25) is 0 Å². The van der Waals surface area contributed by atoms with E-state index in [-0.39, 0.29) is 6.04 Å². The van der Waals surface area contributed by atoms with Crippen LogP contribution in [0, 0.1) is 0 Å². The first-order valence-electron chi connectivity index (χ1n) is 2.81. The van der Waals surface area contributed by atoms with E-state index in [1.165, 1.54) is 0 Å². The van der Waals surface area contributed by atoms with Crippen molar-refractivity contribution in [3.63, 3.8) is 0 Å². The van der Waals surface area contributed by atoms with E-state index in [1.807, 2.05) is 7.05 Å². The first kappa shape index (κ1) is 6.01. The van der Waals surface area contributed by atoms with Crippen LogP contribution in [0.25, 0.3) is 0 Å². The van der Waals surface area contributed by atoms with Crippen molar-refractivity contribution in [3.8, 4) is 0 Å². The Bertz CT molecular complexity index is 76.8. The summed E-state index contributed by atoms with van der Waals surface area (Å²) in [5.41, 5.74) is 0. The molecule has 8 heavy (non-hydrogen) atoms. The van der Waals surface area contributed by atoms with E-state index in [0.717, 1.165) is 6.42 Å². The maximum atomic E-state index is 8.90. The third-order valence-corrected chi connectivity index (χ3v) is 1.43. The Kier molecular flexibility index (Phi) is 1.83. The van der Waals surface area contributed by atoms with Crippen molar-refractivity contribution in [2.45, 2.75) is 18.8 Å². The molecular formula is C5H11NO2. The van der Waals surface area contributed by atoms with Crippen molar-refractivity contribution in [2.75, 3.05) is 13.7 Å². The van der Waals surface area contributed by atoms with Gasteiger partial charge in [0.05, 0.1) is 12.6 Å². The molecule has 0 amide bonds. The normalized spacial score (nSPS) is 38.2. The molecule has 1 heterocycles. The smallest absolute Gasteiger partial charge is 0.169 e. The number of hydrogen-bond donors (Lipinski definition) is 2. The van der Waals surface area contributed by atoms with Crippen LogP contribution < -0.4 is 5.32 Å². The second-order valence-corrected chi connectivity index (χ2v) is 1.95. The van der Waals surface area contributed by atoms with Gasteiger partial charge in [-0.1, -0.05) is 0 Å². The Hall–Kier alpha value is -0.120. The summed E-state index contributed by atoms with van der Waals surface area (Å²) in [7, 11) is 1.82. The number of likely N-dealkylation sites (N-methyl/N-ethyl adjacent to an activating group) is 1. The molecule has 0 aromatic carbocycles. The van der Waals surface area contributed by atoms with Gasteiger partial charge in [0, 0.05) is 0 Å². The van der Waals surface area contributed by atoms with Crippen LogP contribution in [0.4, 0.5) is 0 Å². The zero-order valence-electron chi connectivity index (χ0n) is 4.92. The molecule has 1 saturated heterocycles. The molecule has 1 aliphatic rings. The number of hydrogen-bond acceptors (Lipinski definition) is 3. The van der Waals surface area contributed by atoms with E-state index >= 15 is 0 Å². The van der Waals surface area contributed by atoms with Crippen LogP contribution in [0.5, 0.6) is 0 Å². The highest BCUT2D eigenvalue weighted by molar-refractivity contribution is 4.72. The van der Waals surface area contributed by atoms with Crippen molar-refractivity contribution in [2.24, 2.45) is 0 Å². The summed E-state index contributed by atoms with van der Waals surface area (Å²) >= 11 is 0. The zero-order chi connectivity index (χ0) is 5.98. The van der Waals surface area contributed by atoms with E-state index in [9.17, 15) is 0 Å². The molecule has 3 nitrogen and oxygen atoms in total. The lowest BCUT2D eigenvalue weighted by molar-refractivity contribution is -0.0706. The molecule has 48 valence electrons. The summed E-state index contributed by atoms with van der Waals surface area (Å²) in [5.74, 6) is 0. The fourth-order valence-corrected chi connectivity index (χ4v) is 0.861. The second-order valence-electron chi connectivity index (χ2n) is 1.95. The van der Waals surface area contributed by atoms with Gasteiger partial charge in [-0.25, -0.2) is 0 Å². The molecule has 1 fully saturated rings. The number of nitrogens with one attached hydrogen (secondary N) is 1. The lowest BCUT2D eigenvalue weighted by Crippen LogP contribution is -2.33. The third kappa shape index (κ3) is 0.992. The number of rotatable bonds is 1. The summed E-state index contributed by atoms with van der Waals surface area (Å²) in [6.07, 6.45) is 0.331. The molecule has 3 heteroatoms. The van der Waals surface area contributed by atoms with Gasteiger partial charge in [0.25, 0.3) is 0 Å². The predicted octanol–water partition coefficient (Wildman–Crippen LogP) is -0.687. The van der Waals surface area contributed by atoms with Gasteiger partial charge in [0.2, 0.25) is 0 Å². The standard InChI is InChI=1S/C5H11NO2/c1-6-4-2-3-8-5(4)7/h4-7H,2-3H2,1H3. The SMILES string of the molecule is CNC1CCOC1O. The van der Waals surface area contributed by atoms with E-state index in [1.54, 1.807) is 0 Å². The summed E-state index contributed by atoms with van der Waals surface area (Å²) in [5, 5.41) is 11.8. The van der Waals surface area contributed by atoms with Crippen LogP contribution in [0.3, 0.4) is 0 Å². The number of ether oxygens (including phenoxy) is 1. The molecule has 1 aliphatic heterocycles. The lowest BCUT2D eigenvalue weighted by atomic mass is 10.2. The molecule has 0 aromatic heterocycles. The van der Waals surface area contributed by atoms with Crippen molar-refractivity contribution in [3.05, 3.63) is 0 Å². The van der Waals surface area contributed by atoms with Crippen LogP contribution >= 0.6 is 0 Å². The summed E-state index contributed by atoms with van der Waals surface area (Å²) in [6, 6.07) is 0.148. The number of aliphatic hydroxyl groups excluding tert-OH is 1. The minimum absolute atomic E-state index is 0.148. The van der Waals surface area contributed by atoms with Gasteiger partial charge in [-0.2, -0.15) is 0 Å². The van der Waals surface area contributed by atoms with Crippen LogP contribution in [0.1, 0.15) is 6.42 Å².